The van der Waals surface area contributed by atoms with Crippen LogP contribution in [-0.4, -0.2) is 18.8 Å². The average molecular weight is 313 g/mol. The highest BCUT2D eigenvalue weighted by Gasteiger charge is 2.12. The number of ether oxygens (including phenoxy) is 2. The summed E-state index contributed by atoms with van der Waals surface area (Å²) in [5.74, 6) is 1.81. The molecule has 1 aromatic carbocycles. The van der Waals surface area contributed by atoms with Crippen molar-refractivity contribution in [1.29, 1.82) is 0 Å². The number of benzene rings is 1. The Morgan fingerprint density at radius 2 is 2.06 bits per heavy atom. The van der Waals surface area contributed by atoms with E-state index in [0.29, 0.717) is 21.9 Å². The summed E-state index contributed by atoms with van der Waals surface area (Å²) in [6.07, 6.45) is -0.803. The molecule has 1 unspecified atom stereocenters. The molecular weight excluding hydrogens is 300 g/mol. The molecule has 0 aliphatic heterocycles. The number of halogens is 1. The highest BCUT2D eigenvalue weighted by atomic mass is 79.9. The molecular formula is C13H13BrO4. The van der Waals surface area contributed by atoms with Gasteiger partial charge in [0, 0.05) is 6.07 Å². The minimum atomic E-state index is -0.803. The van der Waals surface area contributed by atoms with Crippen molar-refractivity contribution < 1.29 is 19.0 Å². The van der Waals surface area contributed by atoms with Crippen molar-refractivity contribution in [2.45, 2.75) is 6.10 Å². The fraction of sp³-hybridized carbons (Fsp3) is 0.231. The third kappa shape index (κ3) is 3.27. The van der Waals surface area contributed by atoms with E-state index in [0.717, 1.165) is 0 Å². The Bertz CT molecular complexity index is 509. The number of methoxy groups -OCH3 is 1. The van der Waals surface area contributed by atoms with E-state index in [1.807, 2.05) is 12.1 Å². The lowest BCUT2D eigenvalue weighted by Gasteiger charge is -2.11. The summed E-state index contributed by atoms with van der Waals surface area (Å²) in [6.45, 7) is 0.118. The Morgan fingerprint density at radius 3 is 2.72 bits per heavy atom. The molecule has 0 saturated carbocycles. The van der Waals surface area contributed by atoms with E-state index in [2.05, 4.69) is 15.9 Å². The smallest absolute Gasteiger partial charge is 0.169 e. The van der Waals surface area contributed by atoms with Gasteiger partial charge in [-0.15, -0.1) is 0 Å². The zero-order valence-electron chi connectivity index (χ0n) is 9.80. The highest BCUT2D eigenvalue weighted by molar-refractivity contribution is 9.10. The molecule has 0 fully saturated rings. The van der Waals surface area contributed by atoms with Crippen molar-refractivity contribution in [3.05, 3.63) is 46.8 Å². The standard InChI is InChI=1S/C13H13BrO4/c1-16-9-3-2-4-10(7-9)17-8-11(15)12-5-6-13(14)18-12/h2-7,11,15H,8H2,1H3. The summed E-state index contributed by atoms with van der Waals surface area (Å²) in [5, 5.41) is 9.85. The molecule has 0 aliphatic carbocycles. The van der Waals surface area contributed by atoms with Crippen LogP contribution in [0.15, 0.2) is 45.5 Å². The molecule has 2 aromatic rings. The van der Waals surface area contributed by atoms with Gasteiger partial charge in [0.15, 0.2) is 4.67 Å². The maximum absolute atomic E-state index is 9.85. The fourth-order valence-electron chi connectivity index (χ4n) is 1.46. The molecule has 2 rings (SSSR count). The maximum atomic E-state index is 9.85. The van der Waals surface area contributed by atoms with Gasteiger partial charge >= 0.3 is 0 Å². The van der Waals surface area contributed by atoms with E-state index in [4.69, 9.17) is 13.9 Å². The second kappa shape index (κ2) is 5.93. The lowest BCUT2D eigenvalue weighted by Crippen LogP contribution is -2.08. The van der Waals surface area contributed by atoms with Crippen LogP contribution in [0.2, 0.25) is 0 Å². The molecule has 1 atom stereocenters. The van der Waals surface area contributed by atoms with Crippen LogP contribution in [0.4, 0.5) is 0 Å². The zero-order chi connectivity index (χ0) is 13.0. The molecule has 0 aliphatic rings. The molecule has 0 spiro atoms. The van der Waals surface area contributed by atoms with Crippen molar-refractivity contribution in [2.24, 2.45) is 0 Å². The van der Waals surface area contributed by atoms with Crippen molar-refractivity contribution in [3.63, 3.8) is 0 Å². The third-order valence-electron chi connectivity index (χ3n) is 2.37. The predicted molar refractivity (Wildman–Crippen MR) is 69.9 cm³/mol. The van der Waals surface area contributed by atoms with Crippen LogP contribution in [0, 0.1) is 0 Å². The second-order valence-corrected chi connectivity index (χ2v) is 4.43. The van der Waals surface area contributed by atoms with Crippen LogP contribution >= 0.6 is 15.9 Å². The van der Waals surface area contributed by atoms with Crippen LogP contribution in [0.1, 0.15) is 11.9 Å². The van der Waals surface area contributed by atoms with E-state index >= 15 is 0 Å². The minimum absolute atomic E-state index is 0.118. The predicted octanol–water partition coefficient (Wildman–Crippen LogP) is 3.16. The van der Waals surface area contributed by atoms with Gasteiger partial charge in [-0.2, -0.15) is 0 Å². The quantitative estimate of drug-likeness (QED) is 0.921. The van der Waals surface area contributed by atoms with Crippen LogP contribution in [0.5, 0.6) is 11.5 Å². The third-order valence-corrected chi connectivity index (χ3v) is 2.80. The Kier molecular flexibility index (Phi) is 4.28. The van der Waals surface area contributed by atoms with Crippen molar-refractivity contribution in [3.8, 4) is 11.5 Å². The molecule has 18 heavy (non-hydrogen) atoms. The van der Waals surface area contributed by atoms with Crippen molar-refractivity contribution in [2.75, 3.05) is 13.7 Å². The van der Waals surface area contributed by atoms with E-state index in [-0.39, 0.29) is 6.61 Å². The highest BCUT2D eigenvalue weighted by Crippen LogP contribution is 2.23. The van der Waals surface area contributed by atoms with Crippen molar-refractivity contribution in [1.82, 2.24) is 0 Å². The van der Waals surface area contributed by atoms with Crippen molar-refractivity contribution >= 4 is 15.9 Å². The van der Waals surface area contributed by atoms with Gasteiger partial charge in [0.1, 0.15) is 30.0 Å². The number of hydrogen-bond donors (Lipinski definition) is 1. The number of aliphatic hydroxyl groups excluding tert-OH is 1. The van der Waals surface area contributed by atoms with Crippen LogP contribution < -0.4 is 9.47 Å². The summed E-state index contributed by atoms with van der Waals surface area (Å²) in [6, 6.07) is 10.6. The van der Waals surface area contributed by atoms with Gasteiger partial charge in [-0.05, 0) is 40.2 Å². The lowest BCUT2D eigenvalue weighted by molar-refractivity contribution is 0.0879. The number of furan rings is 1. The number of rotatable bonds is 5. The summed E-state index contributed by atoms with van der Waals surface area (Å²) in [7, 11) is 1.59. The normalized spacial score (nSPS) is 12.2. The molecule has 1 N–H and O–H groups in total. The SMILES string of the molecule is COc1cccc(OCC(O)c2ccc(Br)o2)c1. The first-order valence-corrected chi connectivity index (χ1v) is 6.18. The molecule has 0 saturated heterocycles. The van der Waals surface area contributed by atoms with Gasteiger partial charge in [-0.3, -0.25) is 0 Å². The minimum Gasteiger partial charge on any atom is -0.497 e. The molecule has 1 aromatic heterocycles. The van der Waals surface area contributed by atoms with Gasteiger partial charge in [-0.25, -0.2) is 0 Å². The lowest BCUT2D eigenvalue weighted by atomic mass is 10.3. The van der Waals surface area contributed by atoms with Gasteiger partial charge in [0.05, 0.1) is 7.11 Å². The van der Waals surface area contributed by atoms with Crippen LogP contribution in [0.25, 0.3) is 0 Å². The Balaban J connectivity index is 1.94. The number of hydrogen-bond acceptors (Lipinski definition) is 4. The van der Waals surface area contributed by atoms with Crippen LogP contribution in [0.3, 0.4) is 0 Å². The van der Waals surface area contributed by atoms with Gasteiger partial charge in [-0.1, -0.05) is 6.07 Å². The van der Waals surface area contributed by atoms with Crippen LogP contribution in [-0.2, 0) is 0 Å². The van der Waals surface area contributed by atoms with E-state index < -0.39 is 6.10 Å². The molecule has 96 valence electrons. The fourth-order valence-corrected chi connectivity index (χ4v) is 1.77. The molecule has 5 heteroatoms. The first-order chi connectivity index (χ1) is 8.69. The average Bonchev–Trinajstić information content (AvgIpc) is 2.83. The van der Waals surface area contributed by atoms with Gasteiger partial charge < -0.3 is 19.0 Å². The summed E-state index contributed by atoms with van der Waals surface area (Å²) >= 11 is 3.18. The van der Waals surface area contributed by atoms with Gasteiger partial charge in [0.25, 0.3) is 0 Å². The summed E-state index contributed by atoms with van der Waals surface area (Å²) < 4.78 is 16.4. The monoisotopic (exact) mass is 312 g/mol. The largest absolute Gasteiger partial charge is 0.497 e. The first-order valence-electron chi connectivity index (χ1n) is 5.39. The zero-order valence-corrected chi connectivity index (χ0v) is 11.4. The van der Waals surface area contributed by atoms with E-state index in [1.165, 1.54) is 0 Å². The van der Waals surface area contributed by atoms with Gasteiger partial charge in [0.2, 0.25) is 0 Å². The molecule has 0 bridgehead atoms. The molecule has 0 amide bonds. The Labute approximate surface area is 113 Å². The molecule has 0 radical (unpaired) electrons. The summed E-state index contributed by atoms with van der Waals surface area (Å²) in [4.78, 5) is 0. The topological polar surface area (TPSA) is 51.8 Å². The van der Waals surface area contributed by atoms with E-state index in [1.54, 1.807) is 31.4 Å². The Morgan fingerprint density at radius 1 is 1.28 bits per heavy atom. The first kappa shape index (κ1) is 13.0. The summed E-state index contributed by atoms with van der Waals surface area (Å²) in [5.41, 5.74) is 0. The Hall–Kier alpha value is -1.46. The maximum Gasteiger partial charge on any atom is 0.169 e. The molecule has 1 heterocycles. The van der Waals surface area contributed by atoms with E-state index in [9.17, 15) is 5.11 Å². The number of aliphatic hydroxyl groups is 1. The molecule has 4 nitrogen and oxygen atoms in total. The second-order valence-electron chi connectivity index (χ2n) is 3.65.